The second-order valence-corrected chi connectivity index (χ2v) is 9.86. The quantitative estimate of drug-likeness (QED) is 0.509. The van der Waals surface area contributed by atoms with Gasteiger partial charge in [0, 0.05) is 11.9 Å². The molecular formula is C22H24F3N5O3S. The molecule has 0 aliphatic heterocycles. The maximum atomic E-state index is 13.1. The zero-order valence-corrected chi connectivity index (χ0v) is 19.7. The molecule has 2 aromatic heterocycles. The van der Waals surface area contributed by atoms with Crippen LogP contribution in [0.5, 0.6) is 0 Å². The van der Waals surface area contributed by atoms with Crippen molar-refractivity contribution in [3.05, 3.63) is 71.2 Å². The van der Waals surface area contributed by atoms with E-state index in [0.717, 1.165) is 18.5 Å². The van der Waals surface area contributed by atoms with Crippen molar-refractivity contribution in [3.8, 4) is 5.82 Å². The van der Waals surface area contributed by atoms with Crippen LogP contribution in [-0.4, -0.2) is 35.3 Å². The number of sulfonamides is 1. The van der Waals surface area contributed by atoms with Gasteiger partial charge in [-0.2, -0.15) is 18.3 Å². The van der Waals surface area contributed by atoms with Crippen molar-refractivity contribution in [1.29, 1.82) is 0 Å². The van der Waals surface area contributed by atoms with Gasteiger partial charge in [-0.1, -0.05) is 26.0 Å². The number of aromatic nitrogens is 3. The number of pyridine rings is 1. The third-order valence-corrected chi connectivity index (χ3v) is 5.53. The summed E-state index contributed by atoms with van der Waals surface area (Å²) in [6.07, 6.45) is -1.40. The Morgan fingerprint density at radius 3 is 2.35 bits per heavy atom. The molecule has 0 saturated carbocycles. The molecule has 0 radical (unpaired) electrons. The van der Waals surface area contributed by atoms with Gasteiger partial charge in [0.1, 0.15) is 0 Å². The van der Waals surface area contributed by atoms with Gasteiger partial charge < -0.3 is 5.32 Å². The summed E-state index contributed by atoms with van der Waals surface area (Å²) in [5, 5.41) is 7.04. The molecule has 0 fully saturated rings. The molecule has 1 unspecified atom stereocenters. The number of hydrogen-bond donors (Lipinski definition) is 2. The van der Waals surface area contributed by atoms with Crippen molar-refractivity contribution in [2.24, 2.45) is 0 Å². The number of carbonyl (C=O) groups excluding carboxylic acids is 1. The molecule has 0 aliphatic rings. The normalized spacial score (nSPS) is 13.1. The molecule has 182 valence electrons. The van der Waals surface area contributed by atoms with E-state index in [4.69, 9.17) is 0 Å². The number of rotatable bonds is 7. The third-order valence-electron chi connectivity index (χ3n) is 4.93. The van der Waals surface area contributed by atoms with Crippen LogP contribution < -0.4 is 10.0 Å². The maximum Gasteiger partial charge on any atom is 0.417 e. The first-order valence-corrected chi connectivity index (χ1v) is 12.2. The molecule has 3 aromatic rings. The Morgan fingerprint density at radius 2 is 1.79 bits per heavy atom. The van der Waals surface area contributed by atoms with Gasteiger partial charge in [0.25, 0.3) is 5.91 Å². The number of alkyl halides is 3. The Bertz CT molecular complexity index is 1290. The first-order chi connectivity index (χ1) is 15.8. The lowest BCUT2D eigenvalue weighted by molar-refractivity contribution is -0.137. The van der Waals surface area contributed by atoms with Gasteiger partial charge in [-0.25, -0.2) is 18.1 Å². The number of hydrogen-bond acceptors (Lipinski definition) is 5. The number of benzene rings is 1. The molecule has 1 amide bonds. The van der Waals surface area contributed by atoms with E-state index < -0.39 is 33.7 Å². The van der Waals surface area contributed by atoms with Gasteiger partial charge in [0.2, 0.25) is 10.0 Å². The molecule has 0 saturated heterocycles. The minimum absolute atomic E-state index is 0.156. The summed E-state index contributed by atoms with van der Waals surface area (Å²) in [5.41, 5.74) is 0.905. The van der Waals surface area contributed by atoms with E-state index in [9.17, 15) is 26.4 Å². The van der Waals surface area contributed by atoms with Crippen LogP contribution in [0.1, 0.15) is 59.9 Å². The molecule has 3 rings (SSSR count). The van der Waals surface area contributed by atoms with E-state index in [2.05, 4.69) is 20.1 Å². The van der Waals surface area contributed by atoms with E-state index >= 15 is 0 Å². The SMILES string of the molecule is CC(C)c1c(C(=O)NC(C)c2cccc(NS(C)(=O)=O)c2)cnn1-c1ccc(C(F)(F)F)cn1. The van der Waals surface area contributed by atoms with Gasteiger partial charge >= 0.3 is 6.18 Å². The number of halogens is 3. The number of amides is 1. The molecule has 2 heterocycles. The number of carbonyl (C=O) groups is 1. The second-order valence-electron chi connectivity index (χ2n) is 8.11. The van der Waals surface area contributed by atoms with Crippen LogP contribution in [0.2, 0.25) is 0 Å². The Hall–Kier alpha value is -3.41. The Balaban J connectivity index is 1.86. The zero-order valence-electron chi connectivity index (χ0n) is 18.9. The Morgan fingerprint density at radius 1 is 1.09 bits per heavy atom. The Kier molecular flexibility index (Phi) is 7.01. The lowest BCUT2D eigenvalue weighted by atomic mass is 10.0. The molecule has 1 atom stereocenters. The molecule has 2 N–H and O–H groups in total. The lowest BCUT2D eigenvalue weighted by Crippen LogP contribution is -2.27. The highest BCUT2D eigenvalue weighted by Gasteiger charge is 2.31. The van der Waals surface area contributed by atoms with Crippen molar-refractivity contribution in [2.75, 3.05) is 11.0 Å². The molecule has 0 aliphatic carbocycles. The maximum absolute atomic E-state index is 13.1. The van der Waals surface area contributed by atoms with Crippen molar-refractivity contribution in [3.63, 3.8) is 0 Å². The van der Waals surface area contributed by atoms with Gasteiger partial charge in [-0.3, -0.25) is 9.52 Å². The van der Waals surface area contributed by atoms with Gasteiger partial charge in [0.05, 0.1) is 35.3 Å². The predicted molar refractivity (Wildman–Crippen MR) is 121 cm³/mol. The first-order valence-electron chi connectivity index (χ1n) is 10.3. The fraction of sp³-hybridized carbons (Fsp3) is 0.318. The monoisotopic (exact) mass is 495 g/mol. The topological polar surface area (TPSA) is 106 Å². The molecule has 1 aromatic carbocycles. The van der Waals surface area contributed by atoms with Crippen LogP contribution in [0.3, 0.4) is 0 Å². The van der Waals surface area contributed by atoms with E-state index in [1.807, 2.05) is 13.8 Å². The largest absolute Gasteiger partial charge is 0.417 e. The molecular weight excluding hydrogens is 471 g/mol. The summed E-state index contributed by atoms with van der Waals surface area (Å²) in [7, 11) is -3.45. The number of nitrogens with one attached hydrogen (secondary N) is 2. The van der Waals surface area contributed by atoms with Gasteiger partial charge in [0.15, 0.2) is 5.82 Å². The first kappa shape index (κ1) is 25.2. The molecule has 8 nitrogen and oxygen atoms in total. The van der Waals surface area contributed by atoms with Crippen molar-refractivity contribution in [2.45, 2.75) is 38.9 Å². The van der Waals surface area contributed by atoms with Crippen molar-refractivity contribution >= 4 is 21.6 Å². The minimum atomic E-state index is -4.51. The summed E-state index contributed by atoms with van der Waals surface area (Å²) in [4.78, 5) is 16.9. The molecule has 12 heteroatoms. The summed E-state index contributed by atoms with van der Waals surface area (Å²) >= 11 is 0. The second kappa shape index (κ2) is 9.45. The lowest BCUT2D eigenvalue weighted by Gasteiger charge is -2.17. The average molecular weight is 496 g/mol. The van der Waals surface area contributed by atoms with E-state index in [0.29, 0.717) is 16.9 Å². The van der Waals surface area contributed by atoms with Crippen LogP contribution >= 0.6 is 0 Å². The smallest absolute Gasteiger partial charge is 0.345 e. The molecule has 0 spiro atoms. The molecule has 34 heavy (non-hydrogen) atoms. The highest BCUT2D eigenvalue weighted by atomic mass is 32.2. The average Bonchev–Trinajstić information content (AvgIpc) is 3.18. The standard InChI is InChI=1S/C22H24F3N5O3S/c1-13(2)20-18(12-27-30(20)19-9-8-16(11-26-19)22(23,24)25)21(31)28-14(3)15-6-5-7-17(10-15)29-34(4,32)33/h5-14,29H,1-4H3,(H,28,31). The van der Waals surface area contributed by atoms with Crippen molar-refractivity contribution in [1.82, 2.24) is 20.1 Å². The zero-order chi connectivity index (χ0) is 25.3. The molecule has 0 bridgehead atoms. The summed E-state index contributed by atoms with van der Waals surface area (Å²) in [6, 6.07) is 8.26. The van der Waals surface area contributed by atoms with Gasteiger partial charge in [-0.05, 0) is 42.7 Å². The van der Waals surface area contributed by atoms with E-state index in [1.54, 1.807) is 31.2 Å². The third kappa shape index (κ3) is 5.93. The summed E-state index contributed by atoms with van der Waals surface area (Å²) in [5.74, 6) is -0.468. The highest BCUT2D eigenvalue weighted by molar-refractivity contribution is 7.92. The van der Waals surface area contributed by atoms with Crippen LogP contribution in [0.25, 0.3) is 5.82 Å². The highest BCUT2D eigenvalue weighted by Crippen LogP contribution is 2.29. The summed E-state index contributed by atoms with van der Waals surface area (Å²) < 4.78 is 65.3. The number of nitrogens with zero attached hydrogens (tertiary/aromatic N) is 3. The van der Waals surface area contributed by atoms with Crippen LogP contribution in [0, 0.1) is 0 Å². The van der Waals surface area contributed by atoms with Gasteiger partial charge in [-0.15, -0.1) is 0 Å². The van der Waals surface area contributed by atoms with Crippen molar-refractivity contribution < 1.29 is 26.4 Å². The van der Waals surface area contributed by atoms with E-state index in [1.165, 1.54) is 16.9 Å². The Labute approximate surface area is 195 Å². The van der Waals surface area contributed by atoms with Crippen LogP contribution in [0.4, 0.5) is 18.9 Å². The van der Waals surface area contributed by atoms with E-state index in [-0.39, 0.29) is 17.3 Å². The fourth-order valence-electron chi connectivity index (χ4n) is 3.39. The number of anilines is 1. The minimum Gasteiger partial charge on any atom is -0.345 e. The predicted octanol–water partition coefficient (Wildman–Crippen LogP) is 4.27. The van der Waals surface area contributed by atoms with Crippen LogP contribution in [0.15, 0.2) is 48.8 Å². The summed E-state index contributed by atoms with van der Waals surface area (Å²) in [6.45, 7) is 5.41. The van der Waals surface area contributed by atoms with Crippen LogP contribution in [-0.2, 0) is 16.2 Å². The fourth-order valence-corrected chi connectivity index (χ4v) is 3.95.